The highest BCUT2D eigenvalue weighted by molar-refractivity contribution is 9.10. The van der Waals surface area contributed by atoms with Crippen molar-refractivity contribution in [1.82, 2.24) is 9.97 Å². The van der Waals surface area contributed by atoms with Crippen LogP contribution in [-0.4, -0.2) is 9.97 Å². The Bertz CT molecular complexity index is 1290. The molecule has 2 heterocycles. The molecule has 0 aliphatic carbocycles. The summed E-state index contributed by atoms with van der Waals surface area (Å²) in [6.07, 6.45) is 1.81. The fraction of sp³-hybridized carbons (Fsp3) is 0. The van der Waals surface area contributed by atoms with Gasteiger partial charge in [0.2, 0.25) is 0 Å². The molecule has 0 amide bonds. The summed E-state index contributed by atoms with van der Waals surface area (Å²) in [5, 5.41) is 2.46. The minimum absolute atomic E-state index is 0.868. The first kappa shape index (κ1) is 17.8. The highest BCUT2D eigenvalue weighted by atomic mass is 79.9. The van der Waals surface area contributed by atoms with Gasteiger partial charge in [0.05, 0.1) is 17.1 Å². The number of rotatable bonds is 3. The van der Waals surface area contributed by atoms with Gasteiger partial charge in [0.25, 0.3) is 0 Å². The number of halogens is 1. The molecule has 5 rings (SSSR count). The molecule has 0 bridgehead atoms. The molecule has 3 heteroatoms. The topological polar surface area (TPSA) is 25.8 Å². The van der Waals surface area contributed by atoms with Crippen LogP contribution in [0, 0.1) is 0 Å². The van der Waals surface area contributed by atoms with E-state index in [1.165, 1.54) is 16.3 Å². The molecular weight excluding hydrogens is 420 g/mol. The zero-order valence-electron chi connectivity index (χ0n) is 15.6. The van der Waals surface area contributed by atoms with Crippen molar-refractivity contribution in [3.05, 3.63) is 108 Å². The van der Waals surface area contributed by atoms with Crippen LogP contribution in [0.1, 0.15) is 0 Å². The Hall–Kier alpha value is -3.30. The second-order valence-electron chi connectivity index (χ2n) is 6.87. The smallest absolute Gasteiger partial charge is 0.0899 e. The Labute approximate surface area is 178 Å². The predicted octanol–water partition coefficient (Wildman–Crippen LogP) is 7.39. The van der Waals surface area contributed by atoms with Crippen LogP contribution < -0.4 is 0 Å². The average Bonchev–Trinajstić information content (AvgIpc) is 2.79. The lowest BCUT2D eigenvalue weighted by molar-refractivity contribution is 1.25. The normalized spacial score (nSPS) is 10.9. The van der Waals surface area contributed by atoms with Gasteiger partial charge in [0.1, 0.15) is 0 Å². The van der Waals surface area contributed by atoms with Crippen molar-refractivity contribution in [3.8, 4) is 33.8 Å². The van der Waals surface area contributed by atoms with E-state index < -0.39 is 0 Å². The molecule has 5 aromatic rings. The number of fused-ring (bicyclic) bond motifs is 1. The molecule has 138 valence electrons. The average molecular weight is 437 g/mol. The van der Waals surface area contributed by atoms with E-state index >= 15 is 0 Å². The van der Waals surface area contributed by atoms with E-state index in [0.717, 1.165) is 32.7 Å². The molecule has 0 N–H and O–H groups in total. The lowest BCUT2D eigenvalue weighted by Crippen LogP contribution is -1.93. The maximum Gasteiger partial charge on any atom is 0.0899 e. The molecular formula is C26H17BrN2. The van der Waals surface area contributed by atoms with Crippen molar-refractivity contribution < 1.29 is 0 Å². The van der Waals surface area contributed by atoms with Gasteiger partial charge in [-0.2, -0.15) is 0 Å². The van der Waals surface area contributed by atoms with Crippen LogP contribution in [0.4, 0.5) is 0 Å². The van der Waals surface area contributed by atoms with Crippen LogP contribution in [0.2, 0.25) is 0 Å². The SMILES string of the molecule is Brc1ccc(-c2cc(-c3cccc4ccccc34)cc(-c3ccccn3)n2)cc1. The van der Waals surface area contributed by atoms with Gasteiger partial charge in [-0.3, -0.25) is 4.98 Å². The third kappa shape index (κ3) is 3.57. The van der Waals surface area contributed by atoms with Crippen LogP contribution >= 0.6 is 15.9 Å². The van der Waals surface area contributed by atoms with Gasteiger partial charge in [-0.05, 0) is 58.3 Å². The molecule has 0 saturated carbocycles. The predicted molar refractivity (Wildman–Crippen MR) is 124 cm³/mol. The second-order valence-corrected chi connectivity index (χ2v) is 7.79. The Kier molecular flexibility index (Phi) is 4.66. The maximum absolute atomic E-state index is 4.93. The van der Waals surface area contributed by atoms with Crippen LogP contribution in [0.3, 0.4) is 0 Å². The molecule has 0 saturated heterocycles. The van der Waals surface area contributed by atoms with E-state index in [-0.39, 0.29) is 0 Å². The summed E-state index contributed by atoms with van der Waals surface area (Å²) in [7, 11) is 0. The molecule has 0 unspecified atom stereocenters. The van der Waals surface area contributed by atoms with E-state index in [1.54, 1.807) is 6.20 Å². The lowest BCUT2D eigenvalue weighted by Gasteiger charge is -2.12. The van der Waals surface area contributed by atoms with Gasteiger partial charge in [-0.1, -0.05) is 76.6 Å². The van der Waals surface area contributed by atoms with Crippen LogP contribution in [0.15, 0.2) is 108 Å². The van der Waals surface area contributed by atoms with E-state index in [2.05, 4.69) is 87.6 Å². The summed E-state index contributed by atoms with van der Waals surface area (Å²) >= 11 is 3.52. The first-order valence-electron chi connectivity index (χ1n) is 9.45. The van der Waals surface area contributed by atoms with Crippen molar-refractivity contribution >= 4 is 26.7 Å². The van der Waals surface area contributed by atoms with Crippen LogP contribution in [0.5, 0.6) is 0 Å². The van der Waals surface area contributed by atoms with Gasteiger partial charge in [0.15, 0.2) is 0 Å². The molecule has 0 aliphatic rings. The summed E-state index contributed by atoms with van der Waals surface area (Å²) in [6.45, 7) is 0. The van der Waals surface area contributed by atoms with Gasteiger partial charge >= 0.3 is 0 Å². The third-order valence-corrected chi connectivity index (χ3v) is 5.52. The highest BCUT2D eigenvalue weighted by Gasteiger charge is 2.11. The van der Waals surface area contributed by atoms with E-state index in [9.17, 15) is 0 Å². The van der Waals surface area contributed by atoms with Crippen molar-refractivity contribution in [2.24, 2.45) is 0 Å². The van der Waals surface area contributed by atoms with Gasteiger partial charge in [0, 0.05) is 16.2 Å². The summed E-state index contributed by atoms with van der Waals surface area (Å²) in [6, 6.07) is 33.4. The third-order valence-electron chi connectivity index (χ3n) is 4.99. The summed E-state index contributed by atoms with van der Waals surface area (Å²) in [5.41, 5.74) is 6.08. The quantitative estimate of drug-likeness (QED) is 0.294. The molecule has 0 atom stereocenters. The van der Waals surface area contributed by atoms with Crippen molar-refractivity contribution in [2.75, 3.05) is 0 Å². The standard InChI is InChI=1S/C26H17BrN2/c27-21-13-11-19(12-14-21)25-16-20(17-26(29-25)24-10-3-4-15-28-24)23-9-5-7-18-6-1-2-8-22(18)23/h1-17H. The fourth-order valence-electron chi connectivity index (χ4n) is 3.58. The number of nitrogens with zero attached hydrogens (tertiary/aromatic N) is 2. The van der Waals surface area contributed by atoms with Crippen molar-refractivity contribution in [3.63, 3.8) is 0 Å². The largest absolute Gasteiger partial charge is 0.255 e. The zero-order valence-corrected chi connectivity index (χ0v) is 17.2. The van der Waals surface area contributed by atoms with Gasteiger partial charge in [-0.15, -0.1) is 0 Å². The first-order chi connectivity index (χ1) is 14.3. The zero-order chi connectivity index (χ0) is 19.6. The number of benzene rings is 3. The maximum atomic E-state index is 4.93. The molecule has 0 radical (unpaired) electrons. The molecule has 3 aromatic carbocycles. The second kappa shape index (κ2) is 7.61. The number of hydrogen-bond donors (Lipinski definition) is 0. The Morgan fingerprint density at radius 1 is 0.586 bits per heavy atom. The molecule has 29 heavy (non-hydrogen) atoms. The Morgan fingerprint density at radius 2 is 1.34 bits per heavy atom. The Morgan fingerprint density at radius 3 is 2.17 bits per heavy atom. The highest BCUT2D eigenvalue weighted by Crippen LogP contribution is 2.33. The van der Waals surface area contributed by atoms with Gasteiger partial charge in [-0.25, -0.2) is 4.98 Å². The number of pyridine rings is 2. The van der Waals surface area contributed by atoms with E-state index in [0.29, 0.717) is 0 Å². The van der Waals surface area contributed by atoms with Crippen molar-refractivity contribution in [2.45, 2.75) is 0 Å². The first-order valence-corrected chi connectivity index (χ1v) is 10.2. The lowest BCUT2D eigenvalue weighted by atomic mass is 9.96. The molecule has 0 spiro atoms. The van der Waals surface area contributed by atoms with Crippen LogP contribution in [-0.2, 0) is 0 Å². The molecule has 0 aliphatic heterocycles. The minimum Gasteiger partial charge on any atom is -0.255 e. The number of aromatic nitrogens is 2. The molecule has 2 aromatic heterocycles. The van der Waals surface area contributed by atoms with Crippen LogP contribution in [0.25, 0.3) is 44.5 Å². The summed E-state index contributed by atoms with van der Waals surface area (Å²) in [5.74, 6) is 0. The Balaban J connectivity index is 1.76. The van der Waals surface area contributed by atoms with E-state index in [1.807, 2.05) is 30.3 Å². The van der Waals surface area contributed by atoms with E-state index in [4.69, 9.17) is 4.98 Å². The van der Waals surface area contributed by atoms with Crippen molar-refractivity contribution in [1.29, 1.82) is 0 Å². The summed E-state index contributed by atoms with van der Waals surface area (Å²) in [4.78, 5) is 9.46. The molecule has 2 nitrogen and oxygen atoms in total. The summed E-state index contributed by atoms with van der Waals surface area (Å²) < 4.78 is 1.05. The van der Waals surface area contributed by atoms with Gasteiger partial charge < -0.3 is 0 Å². The minimum atomic E-state index is 0.868. The fourth-order valence-corrected chi connectivity index (χ4v) is 3.84. The number of hydrogen-bond acceptors (Lipinski definition) is 2. The molecule has 0 fully saturated rings. The monoisotopic (exact) mass is 436 g/mol.